The molecular formula is C10H11N3O3. The second-order valence-electron chi connectivity index (χ2n) is 3.08. The molecule has 1 amide bonds. The third kappa shape index (κ3) is 2.63. The number of hydrogen-bond donors (Lipinski definition) is 1. The molecule has 0 atom stereocenters. The number of nitro groups is 1. The van der Waals surface area contributed by atoms with Gasteiger partial charge in [0.15, 0.2) is 0 Å². The van der Waals surface area contributed by atoms with Crippen LogP contribution in [0, 0.1) is 17.0 Å². The standard InChI is InChI=1S/C10H11N3O3/c1-3-4-11-10(14)9-5-8(13(15)16)6-12-7(9)2/h3,5-6H,1,4H2,2H3,(H,11,14). The van der Waals surface area contributed by atoms with Crippen LogP contribution in [0.1, 0.15) is 16.1 Å². The summed E-state index contributed by atoms with van der Waals surface area (Å²) in [6.07, 6.45) is 2.65. The first-order valence-electron chi connectivity index (χ1n) is 4.56. The highest BCUT2D eigenvalue weighted by atomic mass is 16.6. The minimum atomic E-state index is -0.587. The van der Waals surface area contributed by atoms with Crippen LogP contribution in [0.3, 0.4) is 0 Å². The van der Waals surface area contributed by atoms with Gasteiger partial charge in [-0.05, 0) is 6.92 Å². The van der Waals surface area contributed by atoms with Gasteiger partial charge in [0.2, 0.25) is 0 Å². The predicted octanol–water partition coefficient (Wildman–Crippen LogP) is 1.21. The van der Waals surface area contributed by atoms with Gasteiger partial charge in [0.25, 0.3) is 11.6 Å². The van der Waals surface area contributed by atoms with Crippen molar-refractivity contribution in [3.8, 4) is 0 Å². The van der Waals surface area contributed by atoms with E-state index in [9.17, 15) is 14.9 Å². The fourth-order valence-corrected chi connectivity index (χ4v) is 1.11. The monoisotopic (exact) mass is 221 g/mol. The molecule has 16 heavy (non-hydrogen) atoms. The lowest BCUT2D eigenvalue weighted by molar-refractivity contribution is -0.385. The van der Waals surface area contributed by atoms with E-state index in [0.29, 0.717) is 12.2 Å². The van der Waals surface area contributed by atoms with Gasteiger partial charge in [-0.2, -0.15) is 0 Å². The average molecular weight is 221 g/mol. The van der Waals surface area contributed by atoms with Crippen LogP contribution in [0.5, 0.6) is 0 Å². The molecule has 1 heterocycles. The van der Waals surface area contributed by atoms with Gasteiger partial charge in [-0.1, -0.05) is 6.08 Å². The topological polar surface area (TPSA) is 85.1 Å². The Kier molecular flexibility index (Phi) is 3.71. The summed E-state index contributed by atoms with van der Waals surface area (Å²) in [7, 11) is 0. The van der Waals surface area contributed by atoms with E-state index < -0.39 is 10.8 Å². The first-order valence-corrected chi connectivity index (χ1v) is 4.56. The van der Waals surface area contributed by atoms with Crippen molar-refractivity contribution < 1.29 is 9.72 Å². The zero-order valence-corrected chi connectivity index (χ0v) is 8.77. The Bertz CT molecular complexity index is 443. The van der Waals surface area contributed by atoms with Crippen molar-refractivity contribution in [2.45, 2.75) is 6.92 Å². The van der Waals surface area contributed by atoms with E-state index >= 15 is 0 Å². The van der Waals surface area contributed by atoms with Gasteiger partial charge < -0.3 is 5.32 Å². The number of carbonyl (C=O) groups is 1. The molecule has 0 aliphatic rings. The summed E-state index contributed by atoms with van der Waals surface area (Å²) in [6.45, 7) is 5.38. The van der Waals surface area contributed by atoms with Crippen molar-refractivity contribution in [3.63, 3.8) is 0 Å². The molecule has 0 spiro atoms. The van der Waals surface area contributed by atoms with Crippen molar-refractivity contribution >= 4 is 11.6 Å². The van der Waals surface area contributed by atoms with E-state index in [4.69, 9.17) is 0 Å². The first-order chi connectivity index (χ1) is 7.56. The molecule has 0 saturated heterocycles. The Labute approximate surface area is 92.2 Å². The van der Waals surface area contributed by atoms with Gasteiger partial charge in [0.05, 0.1) is 16.2 Å². The Morgan fingerprint density at radius 3 is 3.00 bits per heavy atom. The van der Waals surface area contributed by atoms with E-state index in [0.717, 1.165) is 6.20 Å². The molecule has 0 aliphatic heterocycles. The van der Waals surface area contributed by atoms with Gasteiger partial charge in [-0.25, -0.2) is 0 Å². The van der Waals surface area contributed by atoms with Gasteiger partial charge >= 0.3 is 0 Å². The molecular weight excluding hydrogens is 210 g/mol. The SMILES string of the molecule is C=CCNC(=O)c1cc([N+](=O)[O-])cnc1C. The number of hydrogen-bond acceptors (Lipinski definition) is 4. The minimum Gasteiger partial charge on any atom is -0.349 e. The minimum absolute atomic E-state index is 0.200. The van der Waals surface area contributed by atoms with Crippen molar-refractivity contribution in [3.05, 3.63) is 46.3 Å². The number of aromatic nitrogens is 1. The van der Waals surface area contributed by atoms with Crippen LogP contribution >= 0.6 is 0 Å². The number of amides is 1. The fourth-order valence-electron chi connectivity index (χ4n) is 1.11. The quantitative estimate of drug-likeness (QED) is 0.470. The maximum Gasteiger partial charge on any atom is 0.288 e. The molecule has 1 aromatic rings. The molecule has 0 fully saturated rings. The predicted molar refractivity (Wildman–Crippen MR) is 58.2 cm³/mol. The van der Waals surface area contributed by atoms with Gasteiger partial charge in [-0.3, -0.25) is 19.9 Å². The van der Waals surface area contributed by atoms with Gasteiger partial charge in [0, 0.05) is 12.6 Å². The highest BCUT2D eigenvalue weighted by molar-refractivity contribution is 5.95. The van der Waals surface area contributed by atoms with Crippen LogP contribution in [0.4, 0.5) is 5.69 Å². The summed E-state index contributed by atoms with van der Waals surface area (Å²) in [5.41, 5.74) is 0.456. The molecule has 1 rings (SSSR count). The third-order valence-corrected chi connectivity index (χ3v) is 1.93. The summed E-state index contributed by atoms with van der Waals surface area (Å²) in [4.78, 5) is 25.3. The van der Waals surface area contributed by atoms with Crippen LogP contribution < -0.4 is 5.32 Å². The Morgan fingerprint density at radius 1 is 1.75 bits per heavy atom. The van der Waals surface area contributed by atoms with Crippen molar-refractivity contribution in [1.29, 1.82) is 0 Å². The molecule has 0 unspecified atom stereocenters. The molecule has 0 aromatic carbocycles. The number of nitrogens with zero attached hydrogens (tertiary/aromatic N) is 2. The highest BCUT2D eigenvalue weighted by Gasteiger charge is 2.14. The van der Waals surface area contributed by atoms with Crippen LogP contribution in [0.15, 0.2) is 24.9 Å². The van der Waals surface area contributed by atoms with E-state index in [2.05, 4.69) is 16.9 Å². The second kappa shape index (κ2) is 5.01. The Hall–Kier alpha value is -2.24. The fraction of sp³-hybridized carbons (Fsp3) is 0.200. The van der Waals surface area contributed by atoms with E-state index in [-0.39, 0.29) is 11.3 Å². The number of aryl methyl sites for hydroxylation is 1. The lowest BCUT2D eigenvalue weighted by Crippen LogP contribution is -2.24. The molecule has 0 bridgehead atoms. The number of pyridine rings is 1. The zero-order valence-electron chi connectivity index (χ0n) is 8.77. The zero-order chi connectivity index (χ0) is 12.1. The molecule has 1 aromatic heterocycles. The lowest BCUT2D eigenvalue weighted by atomic mass is 10.2. The lowest BCUT2D eigenvalue weighted by Gasteiger charge is -2.04. The smallest absolute Gasteiger partial charge is 0.288 e. The van der Waals surface area contributed by atoms with Gasteiger partial charge in [0.1, 0.15) is 6.20 Å². The Morgan fingerprint density at radius 2 is 2.44 bits per heavy atom. The number of carbonyl (C=O) groups excluding carboxylic acids is 1. The summed E-state index contributed by atoms with van der Waals surface area (Å²) < 4.78 is 0. The van der Waals surface area contributed by atoms with Crippen molar-refractivity contribution in [2.75, 3.05) is 6.54 Å². The van der Waals surface area contributed by atoms with E-state index in [1.54, 1.807) is 6.92 Å². The Balaban J connectivity index is 3.02. The number of nitrogens with one attached hydrogen (secondary N) is 1. The molecule has 0 aliphatic carbocycles. The summed E-state index contributed by atoms with van der Waals surface area (Å²) in [5, 5.41) is 13.1. The van der Waals surface area contributed by atoms with Crippen molar-refractivity contribution in [2.24, 2.45) is 0 Å². The maximum atomic E-state index is 11.6. The average Bonchev–Trinajstić information content (AvgIpc) is 2.26. The van der Waals surface area contributed by atoms with Crippen molar-refractivity contribution in [1.82, 2.24) is 10.3 Å². The molecule has 0 saturated carbocycles. The van der Waals surface area contributed by atoms with E-state index in [1.807, 2.05) is 0 Å². The third-order valence-electron chi connectivity index (χ3n) is 1.93. The first kappa shape index (κ1) is 11.8. The largest absolute Gasteiger partial charge is 0.349 e. The molecule has 6 nitrogen and oxygen atoms in total. The highest BCUT2D eigenvalue weighted by Crippen LogP contribution is 2.14. The van der Waals surface area contributed by atoms with Crippen LogP contribution in [-0.4, -0.2) is 22.4 Å². The van der Waals surface area contributed by atoms with E-state index in [1.165, 1.54) is 12.1 Å². The molecule has 0 radical (unpaired) electrons. The van der Waals surface area contributed by atoms with Crippen LogP contribution in [0.2, 0.25) is 0 Å². The maximum absolute atomic E-state index is 11.6. The molecule has 84 valence electrons. The normalized spacial score (nSPS) is 9.56. The van der Waals surface area contributed by atoms with Crippen LogP contribution in [-0.2, 0) is 0 Å². The van der Waals surface area contributed by atoms with Crippen LogP contribution in [0.25, 0.3) is 0 Å². The summed E-state index contributed by atoms with van der Waals surface area (Å²) >= 11 is 0. The molecule has 1 N–H and O–H groups in total. The van der Waals surface area contributed by atoms with Gasteiger partial charge in [-0.15, -0.1) is 6.58 Å². The molecule has 6 heteroatoms. The second-order valence-corrected chi connectivity index (χ2v) is 3.08. The summed E-state index contributed by atoms with van der Waals surface area (Å²) in [5.74, 6) is -0.395. The number of rotatable bonds is 4. The summed E-state index contributed by atoms with van der Waals surface area (Å²) in [6, 6.07) is 1.21.